The smallest absolute Gasteiger partial charge is 0.156 e. The largest absolute Gasteiger partial charge is 0.497 e. The van der Waals surface area contributed by atoms with Crippen molar-refractivity contribution in [3.05, 3.63) is 64.8 Å². The quantitative estimate of drug-likeness (QED) is 0.663. The van der Waals surface area contributed by atoms with Crippen LogP contribution in [0.25, 0.3) is 0 Å². The Labute approximate surface area is 190 Å². The first kappa shape index (κ1) is 21.7. The highest BCUT2D eigenvalue weighted by molar-refractivity contribution is 5.93. The number of ether oxygens (including phenoxy) is 1. The second-order valence-corrected chi connectivity index (χ2v) is 10.3. The summed E-state index contributed by atoms with van der Waals surface area (Å²) < 4.78 is 5.55. The molecular formula is C28H34O4. The summed E-state index contributed by atoms with van der Waals surface area (Å²) in [7, 11) is 1.70. The second kappa shape index (κ2) is 8.00. The van der Waals surface area contributed by atoms with Crippen molar-refractivity contribution in [2.24, 2.45) is 17.3 Å². The summed E-state index contributed by atoms with van der Waals surface area (Å²) in [5, 5.41) is 21.2. The third-order valence-electron chi connectivity index (χ3n) is 8.95. The van der Waals surface area contributed by atoms with Crippen molar-refractivity contribution < 1.29 is 19.7 Å². The van der Waals surface area contributed by atoms with Gasteiger partial charge in [0.05, 0.1) is 19.3 Å². The Kier molecular flexibility index (Phi) is 5.42. The molecule has 2 fully saturated rings. The van der Waals surface area contributed by atoms with E-state index in [2.05, 4.69) is 25.1 Å². The summed E-state index contributed by atoms with van der Waals surface area (Å²) in [5.41, 5.74) is 4.23. The topological polar surface area (TPSA) is 66.8 Å². The van der Waals surface area contributed by atoms with Crippen LogP contribution in [0.2, 0.25) is 0 Å². The van der Waals surface area contributed by atoms with Crippen LogP contribution in [0, 0.1) is 17.3 Å². The lowest BCUT2D eigenvalue weighted by Crippen LogP contribution is -2.50. The van der Waals surface area contributed by atoms with E-state index in [1.54, 1.807) is 13.2 Å². The van der Waals surface area contributed by atoms with E-state index in [9.17, 15) is 15.0 Å². The Bertz CT molecular complexity index is 1020. The normalized spacial score (nSPS) is 36.6. The molecule has 0 heterocycles. The lowest BCUT2D eigenvalue weighted by atomic mass is 9.51. The number of hydrogen-bond donors (Lipinski definition) is 2. The fraction of sp³-hybridized carbons (Fsp3) is 0.536. The van der Waals surface area contributed by atoms with Gasteiger partial charge < -0.3 is 14.9 Å². The minimum Gasteiger partial charge on any atom is -0.497 e. The second-order valence-electron chi connectivity index (χ2n) is 10.3. The van der Waals surface area contributed by atoms with E-state index in [-0.39, 0.29) is 23.7 Å². The summed E-state index contributed by atoms with van der Waals surface area (Å²) in [6.45, 7) is 2.21. The van der Waals surface area contributed by atoms with Gasteiger partial charge in [-0.15, -0.1) is 0 Å². The molecule has 5 atom stereocenters. The highest BCUT2D eigenvalue weighted by Gasteiger charge is 2.61. The molecule has 0 saturated heterocycles. The van der Waals surface area contributed by atoms with Crippen molar-refractivity contribution >= 4 is 5.78 Å². The molecule has 0 spiro atoms. The molecule has 4 aliphatic rings. The van der Waals surface area contributed by atoms with Crippen LogP contribution in [0.3, 0.4) is 0 Å². The van der Waals surface area contributed by atoms with Crippen LogP contribution < -0.4 is 4.74 Å². The Morgan fingerprint density at radius 1 is 1.22 bits per heavy atom. The van der Waals surface area contributed by atoms with Gasteiger partial charge in [0.2, 0.25) is 0 Å². The van der Waals surface area contributed by atoms with Crippen LogP contribution in [-0.4, -0.2) is 35.3 Å². The average molecular weight is 435 g/mol. The molecule has 4 aliphatic carbocycles. The molecular weight excluding hydrogens is 400 g/mol. The zero-order chi connectivity index (χ0) is 22.5. The number of benzene rings is 1. The summed E-state index contributed by atoms with van der Waals surface area (Å²) in [4.78, 5) is 12.2. The fourth-order valence-electron chi connectivity index (χ4n) is 7.38. The maximum absolute atomic E-state index is 12.2. The van der Waals surface area contributed by atoms with Gasteiger partial charge in [-0.1, -0.05) is 36.8 Å². The van der Waals surface area contributed by atoms with Crippen LogP contribution >= 0.6 is 0 Å². The Morgan fingerprint density at radius 2 is 2.06 bits per heavy atom. The number of rotatable bonds is 4. The van der Waals surface area contributed by atoms with Crippen molar-refractivity contribution in [2.75, 3.05) is 13.7 Å². The fourth-order valence-corrected chi connectivity index (χ4v) is 7.38. The first-order chi connectivity index (χ1) is 15.4. The van der Waals surface area contributed by atoms with E-state index in [4.69, 9.17) is 4.74 Å². The molecule has 1 aromatic carbocycles. The molecule has 32 heavy (non-hydrogen) atoms. The van der Waals surface area contributed by atoms with Crippen LogP contribution in [0.15, 0.2) is 59.2 Å². The molecule has 4 nitrogen and oxygen atoms in total. The first-order valence-electron chi connectivity index (χ1n) is 12.0. The zero-order valence-corrected chi connectivity index (χ0v) is 19.1. The molecule has 0 aromatic heterocycles. The monoisotopic (exact) mass is 434 g/mol. The summed E-state index contributed by atoms with van der Waals surface area (Å²) >= 11 is 0. The van der Waals surface area contributed by atoms with E-state index >= 15 is 0 Å². The van der Waals surface area contributed by atoms with Crippen LogP contribution in [0.4, 0.5) is 0 Å². The van der Waals surface area contributed by atoms with E-state index in [1.165, 1.54) is 22.3 Å². The molecule has 5 rings (SSSR count). The van der Waals surface area contributed by atoms with Crippen LogP contribution in [-0.2, 0) is 4.79 Å². The van der Waals surface area contributed by atoms with E-state index < -0.39 is 5.60 Å². The number of fused-ring (bicyclic) bond motifs is 4. The Morgan fingerprint density at radius 3 is 2.84 bits per heavy atom. The van der Waals surface area contributed by atoms with Gasteiger partial charge in [0.15, 0.2) is 5.78 Å². The molecule has 0 amide bonds. The SMILES string of the molecule is COc1cccc([C@H]2C[C@@]3(C)[C@@H](CC[C@@]3(O)/C=C/CO)[C@@H]3CCC4=CC(=O)CCC4=C32)c1. The van der Waals surface area contributed by atoms with Crippen molar-refractivity contribution in [3.63, 3.8) is 0 Å². The van der Waals surface area contributed by atoms with Crippen LogP contribution in [0.5, 0.6) is 5.75 Å². The summed E-state index contributed by atoms with van der Waals surface area (Å²) in [6.07, 6.45) is 11.5. The van der Waals surface area contributed by atoms with Gasteiger partial charge in [-0.2, -0.15) is 0 Å². The highest BCUT2D eigenvalue weighted by Crippen LogP contribution is 2.67. The number of ketones is 1. The maximum Gasteiger partial charge on any atom is 0.156 e. The van der Waals surface area contributed by atoms with Gasteiger partial charge in [0, 0.05) is 17.8 Å². The van der Waals surface area contributed by atoms with Crippen molar-refractivity contribution in [1.82, 2.24) is 0 Å². The molecule has 2 N–H and O–H groups in total. The number of carbonyl (C=O) groups excluding carboxylic acids is 1. The summed E-state index contributed by atoms with van der Waals surface area (Å²) in [6, 6.07) is 8.36. The summed E-state index contributed by atoms with van der Waals surface area (Å²) in [5.74, 6) is 2.12. The van der Waals surface area contributed by atoms with E-state index in [0.29, 0.717) is 18.3 Å². The first-order valence-corrected chi connectivity index (χ1v) is 12.0. The predicted octanol–water partition coefficient (Wildman–Crippen LogP) is 4.87. The Balaban J connectivity index is 1.68. The average Bonchev–Trinajstić information content (AvgIpc) is 3.07. The number of aliphatic hydroxyl groups excluding tert-OH is 1. The number of carbonyl (C=O) groups is 1. The van der Waals surface area contributed by atoms with Gasteiger partial charge in [-0.25, -0.2) is 0 Å². The molecule has 2 saturated carbocycles. The van der Waals surface area contributed by atoms with Gasteiger partial charge in [0.1, 0.15) is 5.75 Å². The van der Waals surface area contributed by atoms with E-state index in [0.717, 1.165) is 44.3 Å². The molecule has 1 aromatic rings. The number of methoxy groups -OCH3 is 1. The van der Waals surface area contributed by atoms with Gasteiger partial charge in [-0.3, -0.25) is 4.79 Å². The number of hydrogen-bond acceptors (Lipinski definition) is 4. The molecule has 4 heteroatoms. The zero-order valence-electron chi connectivity index (χ0n) is 19.1. The molecule has 170 valence electrons. The van der Waals surface area contributed by atoms with Crippen LogP contribution in [0.1, 0.15) is 63.4 Å². The highest BCUT2D eigenvalue weighted by atomic mass is 16.5. The molecule has 0 bridgehead atoms. The lowest BCUT2D eigenvalue weighted by Gasteiger charge is -2.54. The van der Waals surface area contributed by atoms with Crippen molar-refractivity contribution in [3.8, 4) is 5.75 Å². The third kappa shape index (κ3) is 3.22. The number of allylic oxidation sites excluding steroid dienone is 4. The van der Waals surface area contributed by atoms with Crippen molar-refractivity contribution in [1.29, 1.82) is 0 Å². The van der Waals surface area contributed by atoms with Gasteiger partial charge in [-0.05, 0) is 85.3 Å². The maximum atomic E-state index is 12.2. The predicted molar refractivity (Wildman–Crippen MR) is 124 cm³/mol. The van der Waals surface area contributed by atoms with Gasteiger partial charge in [0.25, 0.3) is 0 Å². The molecule has 0 aliphatic heterocycles. The minimum atomic E-state index is -0.910. The third-order valence-corrected chi connectivity index (χ3v) is 8.95. The molecule has 0 unspecified atom stereocenters. The minimum absolute atomic E-state index is 0.0523. The van der Waals surface area contributed by atoms with Gasteiger partial charge >= 0.3 is 0 Å². The van der Waals surface area contributed by atoms with Crippen molar-refractivity contribution in [2.45, 2.75) is 63.4 Å². The Hall–Kier alpha value is -2.17. The molecule has 0 radical (unpaired) electrons. The standard InChI is InChI=1S/C28H34O4/c1-27-17-24(18-5-3-6-21(16-18)32-2)26-22-10-8-20(30)15-19(22)7-9-23(26)25(27)11-13-28(27,31)12-4-14-29/h3-6,12,15-16,23-25,29,31H,7-11,13-14,17H2,1-2H3/b12-4+/t23-,24+,25-,27-,28-/m0/s1. The lowest BCUT2D eigenvalue weighted by molar-refractivity contribution is -0.114. The van der Waals surface area contributed by atoms with E-state index in [1.807, 2.05) is 18.2 Å². The number of aliphatic hydroxyl groups is 2.